The number of nitrogens with zero attached hydrogens (tertiary/aromatic N) is 8. The molecule has 0 fully saturated rings. The molecule has 0 aliphatic rings. The molecule has 0 saturated heterocycles. The molecule has 1 unspecified atom stereocenters. The molecule has 0 aliphatic heterocycles. The van der Waals surface area contributed by atoms with Gasteiger partial charge in [0.25, 0.3) is 17.4 Å². The molecule has 3 heterocycles. The summed E-state index contributed by atoms with van der Waals surface area (Å²) in [5, 5.41) is 25.1. The van der Waals surface area contributed by atoms with Gasteiger partial charge in [-0.3, -0.25) is 9.59 Å². The van der Waals surface area contributed by atoms with Crippen molar-refractivity contribution < 1.29 is 19.0 Å². The standard InChI is InChI=1S/C27H22N10O5/c1-40-19-8-5-4-7-17(19)33-26(39)22(23-32-18-12-21(42-3)20(41-2)11-16(18)25(38)34-23)35-36-24-15(13-28)14-31-37(24)27-29-9-6-10-30-27/h4-12,14,22H,1-3H3,(H,33,39)(H,32,34,38). The quantitative estimate of drug-likeness (QED) is 0.250. The molecule has 2 N–H and O–H groups in total. The number of nitrogens with one attached hydrogen (secondary N) is 2. The first-order valence-electron chi connectivity index (χ1n) is 12.2. The Morgan fingerprint density at radius 3 is 2.48 bits per heavy atom. The third-order valence-corrected chi connectivity index (χ3v) is 5.97. The minimum absolute atomic E-state index is 0.0340. The Morgan fingerprint density at radius 1 is 1.05 bits per heavy atom. The van der Waals surface area contributed by atoms with Crippen LogP contribution in [0.3, 0.4) is 0 Å². The van der Waals surface area contributed by atoms with Crippen LogP contribution >= 0.6 is 0 Å². The molecular formula is C27H22N10O5. The molecule has 0 saturated carbocycles. The number of benzene rings is 2. The van der Waals surface area contributed by atoms with E-state index in [1.807, 2.05) is 6.07 Å². The number of rotatable bonds is 9. The summed E-state index contributed by atoms with van der Waals surface area (Å²) in [5.41, 5.74) is 0.0610. The summed E-state index contributed by atoms with van der Waals surface area (Å²) in [5.74, 6) is 0.314. The van der Waals surface area contributed by atoms with Crippen LogP contribution in [0.1, 0.15) is 17.4 Å². The lowest BCUT2D eigenvalue weighted by Gasteiger charge is -2.15. The zero-order valence-corrected chi connectivity index (χ0v) is 22.5. The number of para-hydroxylation sites is 2. The minimum atomic E-state index is -1.49. The zero-order valence-electron chi connectivity index (χ0n) is 22.5. The van der Waals surface area contributed by atoms with Crippen LogP contribution in [0.25, 0.3) is 16.9 Å². The van der Waals surface area contributed by atoms with Crippen LogP contribution < -0.4 is 25.1 Å². The minimum Gasteiger partial charge on any atom is -0.495 e. The van der Waals surface area contributed by atoms with E-state index in [0.717, 1.165) is 0 Å². The van der Waals surface area contributed by atoms with E-state index < -0.39 is 17.5 Å². The number of ether oxygens (including phenoxy) is 3. The number of aromatic amines is 1. The summed E-state index contributed by atoms with van der Waals surface area (Å²) < 4.78 is 17.2. The maximum absolute atomic E-state index is 13.7. The predicted octanol–water partition coefficient (Wildman–Crippen LogP) is 3.26. The fourth-order valence-electron chi connectivity index (χ4n) is 3.97. The van der Waals surface area contributed by atoms with Gasteiger partial charge in [-0.15, -0.1) is 5.11 Å². The van der Waals surface area contributed by atoms with Gasteiger partial charge in [-0.1, -0.05) is 12.1 Å². The molecule has 1 atom stereocenters. The molecule has 0 spiro atoms. The summed E-state index contributed by atoms with van der Waals surface area (Å²) in [6.45, 7) is 0. The highest BCUT2D eigenvalue weighted by atomic mass is 16.5. The number of anilines is 1. The molecule has 0 aliphatic carbocycles. The van der Waals surface area contributed by atoms with Crippen LogP contribution in [-0.2, 0) is 4.79 Å². The van der Waals surface area contributed by atoms with E-state index >= 15 is 0 Å². The van der Waals surface area contributed by atoms with E-state index in [4.69, 9.17) is 14.2 Å². The van der Waals surface area contributed by atoms with Crippen LogP contribution in [0.15, 0.2) is 76.1 Å². The first kappa shape index (κ1) is 27.4. The maximum Gasteiger partial charge on any atom is 0.259 e. The zero-order chi connectivity index (χ0) is 29.6. The largest absolute Gasteiger partial charge is 0.495 e. The van der Waals surface area contributed by atoms with Gasteiger partial charge in [0.2, 0.25) is 6.04 Å². The van der Waals surface area contributed by atoms with Crippen LogP contribution in [-0.4, -0.2) is 57.0 Å². The second kappa shape index (κ2) is 11.9. The fourth-order valence-corrected chi connectivity index (χ4v) is 3.97. The average Bonchev–Trinajstić information content (AvgIpc) is 3.44. The number of amides is 1. The van der Waals surface area contributed by atoms with Gasteiger partial charge in [-0.25, -0.2) is 15.0 Å². The van der Waals surface area contributed by atoms with Crippen LogP contribution in [0.4, 0.5) is 11.5 Å². The second-order valence-corrected chi connectivity index (χ2v) is 8.44. The van der Waals surface area contributed by atoms with Crippen molar-refractivity contribution in [3.8, 4) is 29.3 Å². The number of aromatic nitrogens is 6. The smallest absolute Gasteiger partial charge is 0.259 e. The van der Waals surface area contributed by atoms with Crippen molar-refractivity contribution >= 4 is 28.3 Å². The van der Waals surface area contributed by atoms with Gasteiger partial charge in [0.05, 0.1) is 44.1 Å². The maximum atomic E-state index is 13.7. The Morgan fingerprint density at radius 2 is 1.76 bits per heavy atom. The number of hydrogen-bond donors (Lipinski definition) is 2. The summed E-state index contributed by atoms with van der Waals surface area (Å²) in [4.78, 5) is 42.2. The number of carbonyl (C=O) groups excluding carboxylic acids is 1. The highest BCUT2D eigenvalue weighted by Crippen LogP contribution is 2.32. The average molecular weight is 567 g/mol. The number of fused-ring (bicyclic) bond motifs is 1. The molecule has 5 rings (SSSR count). The molecule has 0 bridgehead atoms. The van der Waals surface area contributed by atoms with Crippen LogP contribution in [0, 0.1) is 11.3 Å². The summed E-state index contributed by atoms with van der Waals surface area (Å²) in [7, 11) is 4.35. The summed E-state index contributed by atoms with van der Waals surface area (Å²) in [6.07, 6.45) is 4.26. The molecule has 3 aromatic heterocycles. The molecule has 15 nitrogen and oxygen atoms in total. The van der Waals surface area contributed by atoms with E-state index in [-0.39, 0.29) is 34.1 Å². The fraction of sp³-hybridized carbons (Fsp3) is 0.148. The Hall–Kier alpha value is -6.17. The lowest BCUT2D eigenvalue weighted by atomic mass is 10.2. The third kappa shape index (κ3) is 5.31. The van der Waals surface area contributed by atoms with Gasteiger partial charge < -0.3 is 24.5 Å². The second-order valence-electron chi connectivity index (χ2n) is 8.44. The van der Waals surface area contributed by atoms with Crippen molar-refractivity contribution in [1.29, 1.82) is 5.26 Å². The summed E-state index contributed by atoms with van der Waals surface area (Å²) >= 11 is 0. The monoisotopic (exact) mass is 566 g/mol. The van der Waals surface area contributed by atoms with E-state index in [9.17, 15) is 14.9 Å². The van der Waals surface area contributed by atoms with E-state index in [0.29, 0.717) is 22.9 Å². The third-order valence-electron chi connectivity index (χ3n) is 5.97. The molecule has 15 heteroatoms. The van der Waals surface area contributed by atoms with Gasteiger partial charge in [-0.2, -0.15) is 20.2 Å². The topological polar surface area (TPSA) is 195 Å². The molecule has 5 aromatic rings. The first-order chi connectivity index (χ1) is 20.5. The van der Waals surface area contributed by atoms with E-state index in [1.54, 1.807) is 30.3 Å². The highest BCUT2D eigenvalue weighted by molar-refractivity contribution is 5.96. The number of carbonyl (C=O) groups is 1. The Balaban J connectivity index is 1.64. The highest BCUT2D eigenvalue weighted by Gasteiger charge is 2.26. The SMILES string of the molecule is COc1ccccc1NC(=O)C(N=Nc1c(C#N)cnn1-c1ncccn1)c1nc2cc(OC)c(OC)cc2c(=O)[nH]1. The van der Waals surface area contributed by atoms with Crippen molar-refractivity contribution in [3.63, 3.8) is 0 Å². The van der Waals surface area contributed by atoms with Crippen molar-refractivity contribution in [1.82, 2.24) is 29.7 Å². The van der Waals surface area contributed by atoms with Crippen LogP contribution in [0.2, 0.25) is 0 Å². The molecule has 0 radical (unpaired) electrons. The number of hydrogen-bond acceptors (Lipinski definition) is 12. The number of nitriles is 1. The molecular weight excluding hydrogens is 544 g/mol. The van der Waals surface area contributed by atoms with Crippen molar-refractivity contribution in [2.24, 2.45) is 10.2 Å². The van der Waals surface area contributed by atoms with E-state index in [1.165, 1.54) is 56.7 Å². The Bertz CT molecular complexity index is 1900. The van der Waals surface area contributed by atoms with Gasteiger partial charge in [0.1, 0.15) is 23.2 Å². The summed E-state index contributed by atoms with van der Waals surface area (Å²) in [6, 6.07) is 11.8. The van der Waals surface area contributed by atoms with Crippen molar-refractivity contribution in [3.05, 3.63) is 82.8 Å². The van der Waals surface area contributed by atoms with Crippen molar-refractivity contribution in [2.45, 2.75) is 6.04 Å². The Labute approximate surface area is 237 Å². The number of H-pyrrole nitrogens is 1. The number of methoxy groups -OCH3 is 3. The number of azo groups is 1. The predicted molar refractivity (Wildman–Crippen MR) is 148 cm³/mol. The van der Waals surface area contributed by atoms with E-state index in [2.05, 4.69) is 40.6 Å². The first-order valence-corrected chi connectivity index (χ1v) is 12.2. The van der Waals surface area contributed by atoms with Gasteiger partial charge >= 0.3 is 0 Å². The van der Waals surface area contributed by atoms with Crippen LogP contribution in [0.5, 0.6) is 17.2 Å². The molecule has 1 amide bonds. The Kier molecular flexibility index (Phi) is 7.78. The normalized spacial score (nSPS) is 11.7. The van der Waals surface area contributed by atoms with Gasteiger partial charge in [0.15, 0.2) is 17.3 Å². The molecule has 2 aromatic carbocycles. The lowest BCUT2D eigenvalue weighted by Crippen LogP contribution is -2.24. The van der Waals surface area contributed by atoms with Crippen molar-refractivity contribution in [2.75, 3.05) is 26.6 Å². The van der Waals surface area contributed by atoms with Gasteiger partial charge in [0, 0.05) is 18.5 Å². The molecule has 210 valence electrons. The lowest BCUT2D eigenvalue weighted by molar-refractivity contribution is -0.117. The van der Waals surface area contributed by atoms with Gasteiger partial charge in [-0.05, 0) is 24.3 Å². The molecule has 42 heavy (non-hydrogen) atoms.